The SMILES string of the molecule is CC[C@](C)(N)CCCc1ccc(Sc2cccc(Cl)c2)cc1Cl.Cl. The monoisotopic (exact) mass is 403 g/mol. The van der Waals surface area contributed by atoms with Gasteiger partial charge < -0.3 is 5.73 Å². The van der Waals surface area contributed by atoms with E-state index < -0.39 is 0 Å². The molecule has 2 rings (SSSR count). The minimum Gasteiger partial charge on any atom is -0.325 e. The molecular weight excluding hydrogens is 381 g/mol. The minimum absolute atomic E-state index is 0. The van der Waals surface area contributed by atoms with E-state index in [1.54, 1.807) is 11.8 Å². The topological polar surface area (TPSA) is 26.0 Å². The minimum atomic E-state index is -0.0746. The van der Waals surface area contributed by atoms with Crippen molar-refractivity contribution in [2.45, 2.75) is 54.9 Å². The Hall–Kier alpha value is -0.380. The summed E-state index contributed by atoms with van der Waals surface area (Å²) in [6, 6.07) is 14.1. The molecule has 0 saturated carbocycles. The molecule has 0 unspecified atom stereocenters. The number of nitrogens with two attached hydrogens (primary N) is 1. The van der Waals surface area contributed by atoms with Crippen molar-refractivity contribution in [2.75, 3.05) is 0 Å². The van der Waals surface area contributed by atoms with Crippen molar-refractivity contribution in [3.8, 4) is 0 Å². The predicted molar refractivity (Wildman–Crippen MR) is 110 cm³/mol. The summed E-state index contributed by atoms with van der Waals surface area (Å²) in [4.78, 5) is 2.24. The molecule has 0 heterocycles. The highest BCUT2D eigenvalue weighted by Gasteiger charge is 2.15. The first-order valence-electron chi connectivity index (χ1n) is 7.90. The lowest BCUT2D eigenvalue weighted by Crippen LogP contribution is -2.35. The molecule has 1 nitrogen and oxygen atoms in total. The lowest BCUT2D eigenvalue weighted by Gasteiger charge is -2.22. The van der Waals surface area contributed by atoms with Gasteiger partial charge in [0.1, 0.15) is 0 Å². The number of hydrogen-bond acceptors (Lipinski definition) is 2. The second kappa shape index (κ2) is 9.94. The zero-order valence-corrected chi connectivity index (χ0v) is 17.2. The molecular formula is C19H24Cl3NS. The zero-order valence-electron chi connectivity index (χ0n) is 14.0. The van der Waals surface area contributed by atoms with Crippen molar-refractivity contribution >= 4 is 47.4 Å². The quantitative estimate of drug-likeness (QED) is 0.536. The molecule has 0 bridgehead atoms. The van der Waals surface area contributed by atoms with Crippen molar-refractivity contribution in [1.29, 1.82) is 0 Å². The lowest BCUT2D eigenvalue weighted by atomic mass is 9.92. The number of hydrogen-bond donors (Lipinski definition) is 1. The number of rotatable bonds is 7. The second-order valence-corrected chi connectivity index (χ2v) is 8.16. The summed E-state index contributed by atoms with van der Waals surface area (Å²) >= 11 is 14.1. The fraction of sp³-hybridized carbons (Fsp3) is 0.368. The molecule has 0 amide bonds. The average Bonchev–Trinajstić information content (AvgIpc) is 2.49. The van der Waals surface area contributed by atoms with E-state index in [4.69, 9.17) is 28.9 Å². The molecule has 2 aromatic rings. The molecule has 2 N–H and O–H groups in total. The van der Waals surface area contributed by atoms with Crippen molar-refractivity contribution < 1.29 is 0 Å². The van der Waals surface area contributed by atoms with E-state index in [1.807, 2.05) is 30.3 Å². The van der Waals surface area contributed by atoms with E-state index in [-0.39, 0.29) is 17.9 Å². The third-order valence-electron chi connectivity index (χ3n) is 4.06. The van der Waals surface area contributed by atoms with E-state index >= 15 is 0 Å². The maximum atomic E-state index is 6.44. The van der Waals surface area contributed by atoms with Gasteiger partial charge in [0.2, 0.25) is 0 Å². The summed E-state index contributed by atoms with van der Waals surface area (Å²) in [5, 5.41) is 1.57. The van der Waals surface area contributed by atoms with Crippen LogP contribution in [0.5, 0.6) is 0 Å². The van der Waals surface area contributed by atoms with Crippen LogP contribution in [0.25, 0.3) is 0 Å². The van der Waals surface area contributed by atoms with Crippen molar-refractivity contribution in [3.05, 3.63) is 58.1 Å². The van der Waals surface area contributed by atoms with Gasteiger partial charge in [0.25, 0.3) is 0 Å². The molecule has 0 radical (unpaired) electrons. The van der Waals surface area contributed by atoms with Crippen LogP contribution in [0.4, 0.5) is 0 Å². The van der Waals surface area contributed by atoms with Gasteiger partial charge in [0, 0.05) is 25.4 Å². The van der Waals surface area contributed by atoms with Crippen LogP contribution in [0.1, 0.15) is 38.7 Å². The van der Waals surface area contributed by atoms with Gasteiger partial charge in [0.15, 0.2) is 0 Å². The number of aryl methyl sites for hydroxylation is 1. The van der Waals surface area contributed by atoms with Gasteiger partial charge in [-0.1, -0.05) is 54.0 Å². The number of halogens is 3. The third kappa shape index (κ3) is 6.85. The zero-order chi connectivity index (χ0) is 16.9. The van der Waals surface area contributed by atoms with Crippen LogP contribution in [-0.4, -0.2) is 5.54 Å². The molecule has 0 aromatic heterocycles. The Balaban J connectivity index is 0.00000288. The van der Waals surface area contributed by atoms with Crippen molar-refractivity contribution in [2.24, 2.45) is 5.73 Å². The first kappa shape index (κ1) is 21.7. The Bertz CT molecular complexity index is 659. The summed E-state index contributed by atoms with van der Waals surface area (Å²) in [6.45, 7) is 4.24. The summed E-state index contributed by atoms with van der Waals surface area (Å²) < 4.78 is 0. The molecule has 24 heavy (non-hydrogen) atoms. The van der Waals surface area contributed by atoms with Crippen LogP contribution in [0.2, 0.25) is 10.0 Å². The third-order valence-corrected chi connectivity index (χ3v) is 5.62. The van der Waals surface area contributed by atoms with Crippen LogP contribution >= 0.6 is 47.4 Å². The first-order valence-corrected chi connectivity index (χ1v) is 9.47. The van der Waals surface area contributed by atoms with E-state index in [0.717, 1.165) is 45.5 Å². The maximum absolute atomic E-state index is 6.44. The molecule has 5 heteroatoms. The maximum Gasteiger partial charge on any atom is 0.0449 e. The fourth-order valence-electron chi connectivity index (χ4n) is 2.32. The van der Waals surface area contributed by atoms with Crippen LogP contribution in [0.15, 0.2) is 52.3 Å². The molecule has 132 valence electrons. The van der Waals surface area contributed by atoms with Crippen molar-refractivity contribution in [1.82, 2.24) is 0 Å². The van der Waals surface area contributed by atoms with Gasteiger partial charge >= 0.3 is 0 Å². The molecule has 0 aliphatic heterocycles. The van der Waals surface area contributed by atoms with Gasteiger partial charge in [-0.2, -0.15) is 0 Å². The van der Waals surface area contributed by atoms with E-state index in [2.05, 4.69) is 26.0 Å². The van der Waals surface area contributed by atoms with Crippen LogP contribution in [0, 0.1) is 0 Å². The van der Waals surface area contributed by atoms with Gasteiger partial charge in [-0.15, -0.1) is 12.4 Å². The van der Waals surface area contributed by atoms with E-state index in [9.17, 15) is 0 Å². The largest absolute Gasteiger partial charge is 0.325 e. The van der Waals surface area contributed by atoms with E-state index in [0.29, 0.717) is 0 Å². The number of benzene rings is 2. The highest BCUT2D eigenvalue weighted by atomic mass is 35.5. The Morgan fingerprint density at radius 3 is 2.42 bits per heavy atom. The van der Waals surface area contributed by atoms with Crippen LogP contribution < -0.4 is 5.73 Å². The van der Waals surface area contributed by atoms with Crippen molar-refractivity contribution in [3.63, 3.8) is 0 Å². The Kier molecular flexibility index (Phi) is 8.97. The molecule has 0 aliphatic rings. The first-order chi connectivity index (χ1) is 10.9. The Labute approximate surface area is 165 Å². The summed E-state index contributed by atoms with van der Waals surface area (Å²) in [5.41, 5.74) is 7.31. The molecule has 0 fully saturated rings. The van der Waals surface area contributed by atoms with Gasteiger partial charge in [0.05, 0.1) is 0 Å². The molecule has 0 spiro atoms. The normalized spacial score (nSPS) is 13.2. The fourth-order valence-corrected chi connectivity index (χ4v) is 3.83. The van der Waals surface area contributed by atoms with Gasteiger partial charge in [-0.05, 0) is 68.5 Å². The molecule has 0 aliphatic carbocycles. The predicted octanol–water partition coefficient (Wildman–Crippen LogP) is 7.02. The van der Waals surface area contributed by atoms with E-state index in [1.165, 1.54) is 5.56 Å². The Morgan fingerprint density at radius 1 is 1.08 bits per heavy atom. The summed E-state index contributed by atoms with van der Waals surface area (Å²) in [7, 11) is 0. The van der Waals surface area contributed by atoms with Gasteiger partial charge in [-0.3, -0.25) is 0 Å². The highest BCUT2D eigenvalue weighted by molar-refractivity contribution is 7.99. The smallest absolute Gasteiger partial charge is 0.0449 e. The summed E-state index contributed by atoms with van der Waals surface area (Å²) in [5.74, 6) is 0. The van der Waals surface area contributed by atoms with Crippen LogP contribution in [0.3, 0.4) is 0 Å². The average molecular weight is 405 g/mol. The molecule has 2 aromatic carbocycles. The lowest BCUT2D eigenvalue weighted by molar-refractivity contribution is 0.405. The van der Waals surface area contributed by atoms with Crippen LogP contribution in [-0.2, 0) is 6.42 Å². The molecule has 1 atom stereocenters. The Morgan fingerprint density at radius 2 is 1.79 bits per heavy atom. The summed E-state index contributed by atoms with van der Waals surface area (Å²) in [6.07, 6.45) is 4.03. The van der Waals surface area contributed by atoms with Gasteiger partial charge in [-0.25, -0.2) is 0 Å². The highest BCUT2D eigenvalue weighted by Crippen LogP contribution is 2.32. The standard InChI is InChI=1S/C19H23Cl2NS.ClH/c1-3-19(2,22)11-5-6-14-9-10-17(13-18(14)21)23-16-8-4-7-15(20)12-16;/h4,7-10,12-13H,3,5-6,11,22H2,1-2H3;1H/t19-;/m0./s1. The second-order valence-electron chi connectivity index (χ2n) is 6.17. The molecule has 0 saturated heterocycles.